The van der Waals surface area contributed by atoms with E-state index in [2.05, 4.69) is 99.3 Å². The van der Waals surface area contributed by atoms with Crippen molar-refractivity contribution in [3.63, 3.8) is 0 Å². The van der Waals surface area contributed by atoms with Gasteiger partial charge in [0.15, 0.2) is 0 Å². The van der Waals surface area contributed by atoms with Crippen molar-refractivity contribution in [2.24, 2.45) is 0 Å². The van der Waals surface area contributed by atoms with Crippen molar-refractivity contribution >= 4 is 17.9 Å². The van der Waals surface area contributed by atoms with Crippen LogP contribution < -0.4 is 10.6 Å². The first-order valence-electron chi connectivity index (χ1n) is 9.75. The number of rotatable bonds is 10. The standard InChI is InChI=1S/C25H32P/c1-4-7-8-15-22-26(23(16-5-2)17-6-3,24-18-11-9-12-19-24)25-20-13-10-14-21-25/h5-6,9-14,16-21H,2,4,7-8,15,22H2,1,3H3/q+1/b17-6-,23-16+. The van der Waals surface area contributed by atoms with Crippen molar-refractivity contribution in [3.8, 4) is 0 Å². The molecule has 0 N–H and O–H groups in total. The van der Waals surface area contributed by atoms with Crippen molar-refractivity contribution < 1.29 is 0 Å². The van der Waals surface area contributed by atoms with E-state index in [1.165, 1.54) is 47.8 Å². The molecular formula is C25H32P+. The molecule has 0 amide bonds. The van der Waals surface area contributed by atoms with Crippen LogP contribution in [0.1, 0.15) is 39.5 Å². The van der Waals surface area contributed by atoms with E-state index in [0.29, 0.717) is 0 Å². The van der Waals surface area contributed by atoms with E-state index in [4.69, 9.17) is 0 Å². The van der Waals surface area contributed by atoms with Gasteiger partial charge in [0.2, 0.25) is 0 Å². The van der Waals surface area contributed by atoms with E-state index in [-0.39, 0.29) is 0 Å². The summed E-state index contributed by atoms with van der Waals surface area (Å²) in [6, 6.07) is 22.2. The molecule has 0 aromatic heterocycles. The topological polar surface area (TPSA) is 0 Å². The van der Waals surface area contributed by atoms with Gasteiger partial charge in [-0.2, -0.15) is 0 Å². The fourth-order valence-electron chi connectivity index (χ4n) is 3.58. The van der Waals surface area contributed by atoms with Gasteiger partial charge in [-0.3, -0.25) is 0 Å². The molecule has 2 aromatic carbocycles. The predicted molar refractivity (Wildman–Crippen MR) is 121 cm³/mol. The van der Waals surface area contributed by atoms with Gasteiger partial charge in [-0.15, -0.1) is 0 Å². The average Bonchev–Trinajstić information content (AvgIpc) is 2.70. The maximum Gasteiger partial charge on any atom is 0.112 e. The molecule has 2 aromatic rings. The van der Waals surface area contributed by atoms with E-state index in [0.717, 1.165) is 0 Å². The van der Waals surface area contributed by atoms with Gasteiger partial charge in [0.25, 0.3) is 0 Å². The lowest BCUT2D eigenvalue weighted by Gasteiger charge is -2.28. The molecule has 0 atom stereocenters. The third-order valence-corrected chi connectivity index (χ3v) is 9.33. The third kappa shape index (κ3) is 4.83. The SMILES string of the molecule is C=C/C=C(\C=C/C)[P+](CCCCCC)(c1ccccc1)c1ccccc1. The molecule has 0 saturated carbocycles. The Kier molecular flexibility index (Phi) is 8.59. The van der Waals surface area contributed by atoms with Gasteiger partial charge in [0, 0.05) is 0 Å². The van der Waals surface area contributed by atoms with E-state index in [9.17, 15) is 0 Å². The highest BCUT2D eigenvalue weighted by atomic mass is 31.2. The molecule has 0 nitrogen and oxygen atoms in total. The first-order valence-corrected chi connectivity index (χ1v) is 11.7. The monoisotopic (exact) mass is 363 g/mol. The molecule has 1 heteroatoms. The summed E-state index contributed by atoms with van der Waals surface area (Å²) >= 11 is 0. The lowest BCUT2D eigenvalue weighted by Crippen LogP contribution is -2.26. The second-order valence-electron chi connectivity index (χ2n) is 6.59. The highest BCUT2D eigenvalue weighted by Gasteiger charge is 2.45. The highest BCUT2D eigenvalue weighted by Crippen LogP contribution is 2.64. The fraction of sp³-hybridized carbons (Fsp3) is 0.280. The van der Waals surface area contributed by atoms with Crippen LogP contribution in [0.5, 0.6) is 0 Å². The number of benzene rings is 2. The highest BCUT2D eigenvalue weighted by molar-refractivity contribution is 7.93. The Morgan fingerprint density at radius 1 is 0.885 bits per heavy atom. The van der Waals surface area contributed by atoms with E-state index >= 15 is 0 Å². The molecule has 136 valence electrons. The molecule has 0 heterocycles. The van der Waals surface area contributed by atoms with Gasteiger partial charge < -0.3 is 0 Å². The maximum absolute atomic E-state index is 4.00. The Balaban J connectivity index is 2.66. The molecule has 0 aliphatic rings. The van der Waals surface area contributed by atoms with Gasteiger partial charge in [-0.05, 0) is 56.2 Å². The fourth-order valence-corrected chi connectivity index (χ4v) is 8.07. The van der Waals surface area contributed by atoms with Crippen LogP contribution in [0.3, 0.4) is 0 Å². The zero-order valence-electron chi connectivity index (χ0n) is 16.3. The molecular weight excluding hydrogens is 331 g/mol. The van der Waals surface area contributed by atoms with Gasteiger partial charge in [-0.25, -0.2) is 0 Å². The van der Waals surface area contributed by atoms with Gasteiger partial charge >= 0.3 is 0 Å². The lowest BCUT2D eigenvalue weighted by atomic mass is 10.2. The minimum atomic E-state index is -1.68. The van der Waals surface area contributed by atoms with Crippen molar-refractivity contribution in [2.45, 2.75) is 39.5 Å². The van der Waals surface area contributed by atoms with Gasteiger partial charge in [0.1, 0.15) is 23.2 Å². The molecule has 2 rings (SSSR count). The van der Waals surface area contributed by atoms with Crippen molar-refractivity contribution in [1.82, 2.24) is 0 Å². The summed E-state index contributed by atoms with van der Waals surface area (Å²) in [7, 11) is -1.68. The summed E-state index contributed by atoms with van der Waals surface area (Å²) in [5.74, 6) is 0. The van der Waals surface area contributed by atoms with E-state index in [1.54, 1.807) is 0 Å². The molecule has 0 radical (unpaired) electrons. The summed E-state index contributed by atoms with van der Waals surface area (Å²) in [5.41, 5.74) is 0. The number of unbranched alkanes of at least 4 members (excludes halogenated alkanes) is 3. The molecule has 0 saturated heterocycles. The predicted octanol–water partition coefficient (Wildman–Crippen LogP) is 6.88. The summed E-state index contributed by atoms with van der Waals surface area (Å²) in [5, 5.41) is 4.35. The number of hydrogen-bond donors (Lipinski definition) is 0. The van der Waals surface area contributed by atoms with Crippen LogP contribution in [0.15, 0.2) is 96.9 Å². The van der Waals surface area contributed by atoms with Crippen molar-refractivity contribution in [1.29, 1.82) is 0 Å². The molecule has 0 fully saturated rings. The zero-order valence-corrected chi connectivity index (χ0v) is 17.2. The molecule has 0 aliphatic heterocycles. The van der Waals surface area contributed by atoms with Crippen LogP contribution in [-0.4, -0.2) is 6.16 Å². The van der Waals surface area contributed by atoms with Crippen LogP contribution >= 0.6 is 7.26 Å². The normalized spacial score (nSPS) is 12.5. The number of allylic oxidation sites excluding steroid dienone is 5. The zero-order chi connectivity index (χ0) is 18.7. The van der Waals surface area contributed by atoms with Crippen LogP contribution in [0.4, 0.5) is 0 Å². The second kappa shape index (κ2) is 10.9. The van der Waals surface area contributed by atoms with Crippen LogP contribution in [-0.2, 0) is 0 Å². The van der Waals surface area contributed by atoms with Crippen LogP contribution in [0, 0.1) is 0 Å². The molecule has 0 spiro atoms. The summed E-state index contributed by atoms with van der Waals surface area (Å²) in [4.78, 5) is 0. The molecule has 0 unspecified atom stereocenters. The third-order valence-electron chi connectivity index (χ3n) is 4.81. The average molecular weight is 364 g/mol. The second-order valence-corrected chi connectivity index (χ2v) is 10.2. The largest absolute Gasteiger partial charge is 0.112 e. The Hall–Kier alpha value is -1.91. The maximum atomic E-state index is 4.00. The quantitative estimate of drug-likeness (QED) is 0.245. The Morgan fingerprint density at radius 2 is 1.46 bits per heavy atom. The first-order chi connectivity index (χ1) is 12.8. The summed E-state index contributed by atoms with van der Waals surface area (Å²) < 4.78 is 0. The summed E-state index contributed by atoms with van der Waals surface area (Å²) in [6.45, 7) is 8.39. The van der Waals surface area contributed by atoms with Crippen LogP contribution in [0.2, 0.25) is 0 Å². The minimum Gasteiger partial charge on any atom is -0.0989 e. The van der Waals surface area contributed by atoms with Crippen molar-refractivity contribution in [3.05, 3.63) is 96.9 Å². The molecule has 0 bridgehead atoms. The first kappa shape index (κ1) is 20.4. The van der Waals surface area contributed by atoms with E-state index < -0.39 is 7.26 Å². The minimum absolute atomic E-state index is 1.21. The molecule has 26 heavy (non-hydrogen) atoms. The lowest BCUT2D eigenvalue weighted by molar-refractivity contribution is 0.705. The van der Waals surface area contributed by atoms with Crippen LogP contribution in [0.25, 0.3) is 0 Å². The number of hydrogen-bond acceptors (Lipinski definition) is 0. The van der Waals surface area contributed by atoms with Crippen molar-refractivity contribution in [2.75, 3.05) is 6.16 Å². The Bertz CT molecular complexity index is 671. The Morgan fingerprint density at radius 3 is 1.92 bits per heavy atom. The van der Waals surface area contributed by atoms with Gasteiger partial charge in [-0.1, -0.05) is 74.9 Å². The van der Waals surface area contributed by atoms with Gasteiger partial charge in [0.05, 0.1) is 6.16 Å². The Labute approximate surface area is 160 Å². The smallest absolute Gasteiger partial charge is 0.0989 e. The van der Waals surface area contributed by atoms with E-state index in [1.807, 2.05) is 6.08 Å². The molecule has 0 aliphatic carbocycles. The summed E-state index contributed by atoms with van der Waals surface area (Å²) in [6.07, 6.45) is 15.0.